The van der Waals surface area contributed by atoms with Crippen LogP contribution in [-0.4, -0.2) is 16.1 Å². The van der Waals surface area contributed by atoms with Crippen LogP contribution in [0.3, 0.4) is 0 Å². The summed E-state index contributed by atoms with van der Waals surface area (Å²) in [6.07, 6.45) is 5.62. The van der Waals surface area contributed by atoms with E-state index in [1.807, 2.05) is 0 Å². The first-order valence-electron chi connectivity index (χ1n) is 3.58. The number of allylic oxidation sites excluding steroid dienone is 1. The van der Waals surface area contributed by atoms with Crippen LogP contribution in [0.25, 0.3) is 5.70 Å². The van der Waals surface area contributed by atoms with Crippen LogP contribution in [0.1, 0.15) is 5.82 Å². The van der Waals surface area contributed by atoms with Crippen molar-refractivity contribution in [1.82, 2.24) is 4.98 Å². The van der Waals surface area contributed by atoms with Gasteiger partial charge in [0, 0.05) is 6.07 Å². The monoisotopic (exact) mass is 163 g/mol. The Morgan fingerprint density at radius 3 is 3.25 bits per heavy atom. The second-order valence-corrected chi connectivity index (χ2v) is 2.50. The van der Waals surface area contributed by atoms with Crippen molar-refractivity contribution in [2.75, 3.05) is 0 Å². The maximum atomic E-state index is 10.6. The third-order valence-corrected chi connectivity index (χ3v) is 1.78. The Morgan fingerprint density at radius 2 is 2.50 bits per heavy atom. The van der Waals surface area contributed by atoms with Crippen molar-refractivity contribution in [3.8, 4) is 0 Å². The van der Waals surface area contributed by atoms with Gasteiger partial charge in [0.25, 0.3) is 0 Å². The maximum absolute atomic E-state index is 10.6. The van der Waals surface area contributed by atoms with E-state index in [-0.39, 0.29) is 5.70 Å². The van der Waals surface area contributed by atoms with Gasteiger partial charge in [-0.15, -0.1) is 0 Å². The Hall–Kier alpha value is -1.71. The molecule has 4 nitrogen and oxygen atoms in total. The molecule has 0 aromatic carbocycles. The van der Waals surface area contributed by atoms with Crippen LogP contribution in [0.4, 0.5) is 0 Å². The number of carboxylic acids is 1. The number of hydrogen-bond donors (Lipinski definition) is 1. The Morgan fingerprint density at radius 1 is 1.67 bits per heavy atom. The molecule has 2 rings (SSSR count). The number of aliphatic carboxylic acids is 1. The molecule has 0 bridgehead atoms. The number of rotatable bonds is 1. The highest BCUT2D eigenvalue weighted by Gasteiger charge is 2.26. The van der Waals surface area contributed by atoms with Crippen molar-refractivity contribution in [3.63, 3.8) is 0 Å². The fourth-order valence-corrected chi connectivity index (χ4v) is 1.25. The Balaban J connectivity index is 2.52. The minimum Gasteiger partial charge on any atom is -0.475 e. The van der Waals surface area contributed by atoms with Gasteiger partial charge in [-0.1, -0.05) is 4.98 Å². The second-order valence-electron chi connectivity index (χ2n) is 2.50. The molecule has 12 heavy (non-hydrogen) atoms. The zero-order chi connectivity index (χ0) is 8.55. The minimum absolute atomic E-state index is 0.290. The molecule has 1 aliphatic heterocycles. The molecule has 0 unspecified atom stereocenters. The average molecular weight is 163 g/mol. The van der Waals surface area contributed by atoms with Crippen LogP contribution < -0.4 is 4.57 Å². The fraction of sp³-hybridized carbons (Fsp3) is 0.125. The largest absolute Gasteiger partial charge is 0.475 e. The van der Waals surface area contributed by atoms with Gasteiger partial charge >= 0.3 is 11.8 Å². The van der Waals surface area contributed by atoms with Gasteiger partial charge in [-0.2, -0.15) is 4.57 Å². The van der Waals surface area contributed by atoms with Gasteiger partial charge in [0.2, 0.25) is 5.70 Å². The van der Waals surface area contributed by atoms with Crippen LogP contribution in [0, 0.1) is 0 Å². The second kappa shape index (κ2) is 2.41. The highest BCUT2D eigenvalue weighted by atomic mass is 16.4. The smallest absolute Gasteiger partial charge is 0.376 e. The summed E-state index contributed by atoms with van der Waals surface area (Å²) < 4.78 is 1.59. The number of nitrogens with zero attached hydrogens (tertiary/aromatic N) is 2. The third-order valence-electron chi connectivity index (χ3n) is 1.78. The van der Waals surface area contributed by atoms with Gasteiger partial charge in [0.15, 0.2) is 0 Å². The molecule has 0 saturated heterocycles. The molecule has 1 N–H and O–H groups in total. The van der Waals surface area contributed by atoms with Crippen molar-refractivity contribution in [2.24, 2.45) is 0 Å². The summed E-state index contributed by atoms with van der Waals surface area (Å²) in [5, 5.41) is 8.74. The molecule has 1 aromatic heterocycles. The summed E-state index contributed by atoms with van der Waals surface area (Å²) in [6.45, 7) is 0. The summed E-state index contributed by atoms with van der Waals surface area (Å²) >= 11 is 0. The minimum atomic E-state index is -0.910. The van der Waals surface area contributed by atoms with Gasteiger partial charge in [-0.25, -0.2) is 4.79 Å². The standard InChI is InChI=1S/C8H6N2O2/c11-8(12)6-2-3-7-9-4-1-5-10(6)7/h1-2,4-5H,3H2/p+1. The van der Waals surface area contributed by atoms with E-state index in [1.165, 1.54) is 0 Å². The molecule has 4 heteroatoms. The van der Waals surface area contributed by atoms with Crippen molar-refractivity contribution in [2.45, 2.75) is 6.42 Å². The third kappa shape index (κ3) is 0.887. The molecule has 0 spiro atoms. The summed E-state index contributed by atoms with van der Waals surface area (Å²) in [4.78, 5) is 14.7. The predicted molar refractivity (Wildman–Crippen MR) is 40.0 cm³/mol. The quantitative estimate of drug-likeness (QED) is 0.586. The lowest BCUT2D eigenvalue weighted by Crippen LogP contribution is -2.37. The topological polar surface area (TPSA) is 54.1 Å². The lowest BCUT2D eigenvalue weighted by atomic mass is 10.4. The first-order chi connectivity index (χ1) is 5.79. The van der Waals surface area contributed by atoms with Gasteiger partial charge in [-0.3, -0.25) is 0 Å². The normalized spacial score (nSPS) is 13.8. The molecular formula is C8H7N2O2+. The van der Waals surface area contributed by atoms with Crippen molar-refractivity contribution < 1.29 is 14.5 Å². The van der Waals surface area contributed by atoms with Crippen LogP contribution >= 0.6 is 0 Å². The highest BCUT2D eigenvalue weighted by molar-refractivity contribution is 6.04. The maximum Gasteiger partial charge on any atom is 0.376 e. The molecule has 0 atom stereocenters. The number of hydrogen-bond acceptors (Lipinski definition) is 2. The number of carbonyl (C=O) groups is 1. The van der Waals surface area contributed by atoms with Crippen molar-refractivity contribution >= 4 is 11.7 Å². The van der Waals surface area contributed by atoms with E-state index in [2.05, 4.69) is 4.98 Å². The number of aromatic nitrogens is 2. The first kappa shape index (κ1) is 6.97. The van der Waals surface area contributed by atoms with Gasteiger partial charge in [0.05, 0.1) is 6.42 Å². The molecule has 1 aliphatic rings. The van der Waals surface area contributed by atoms with E-state index in [9.17, 15) is 4.79 Å². The molecule has 1 aromatic rings. The van der Waals surface area contributed by atoms with Gasteiger partial charge in [0.1, 0.15) is 12.4 Å². The van der Waals surface area contributed by atoms with Crippen LogP contribution in [0.2, 0.25) is 0 Å². The number of carboxylic acid groups (broad SMARTS) is 1. The van der Waals surface area contributed by atoms with E-state index in [0.717, 1.165) is 5.82 Å². The van der Waals surface area contributed by atoms with E-state index < -0.39 is 5.97 Å². The van der Waals surface area contributed by atoms with Crippen LogP contribution in [0.5, 0.6) is 0 Å². The predicted octanol–water partition coefficient (Wildman–Crippen LogP) is -0.149. The lowest BCUT2D eigenvalue weighted by Gasteiger charge is -1.93. The van der Waals surface area contributed by atoms with Crippen LogP contribution in [-0.2, 0) is 11.2 Å². The Bertz CT molecular complexity index is 371. The van der Waals surface area contributed by atoms with Crippen molar-refractivity contribution in [1.29, 1.82) is 0 Å². The molecule has 60 valence electrons. The van der Waals surface area contributed by atoms with E-state index in [0.29, 0.717) is 6.42 Å². The van der Waals surface area contributed by atoms with E-state index >= 15 is 0 Å². The highest BCUT2D eigenvalue weighted by Crippen LogP contribution is 2.06. The summed E-state index contributed by atoms with van der Waals surface area (Å²) in [5.41, 5.74) is 0.290. The average Bonchev–Trinajstić information content (AvgIpc) is 2.47. The zero-order valence-electron chi connectivity index (χ0n) is 6.27. The molecular weight excluding hydrogens is 156 g/mol. The number of fused-ring (bicyclic) bond motifs is 1. The summed E-state index contributed by atoms with van der Waals surface area (Å²) in [5.74, 6) is -0.137. The molecule has 0 aliphatic carbocycles. The van der Waals surface area contributed by atoms with Gasteiger partial charge in [-0.05, 0) is 6.08 Å². The summed E-state index contributed by atoms with van der Waals surface area (Å²) in [6, 6.07) is 1.71. The van der Waals surface area contributed by atoms with Crippen molar-refractivity contribution in [3.05, 3.63) is 30.4 Å². The first-order valence-corrected chi connectivity index (χ1v) is 3.58. The molecule has 2 heterocycles. The Labute approximate surface area is 68.8 Å². The molecule has 0 saturated carbocycles. The van der Waals surface area contributed by atoms with E-state index in [4.69, 9.17) is 5.11 Å². The Kier molecular flexibility index (Phi) is 1.40. The van der Waals surface area contributed by atoms with Crippen LogP contribution in [0.15, 0.2) is 24.5 Å². The molecule has 0 amide bonds. The molecule has 0 radical (unpaired) electrons. The fourth-order valence-electron chi connectivity index (χ4n) is 1.25. The SMILES string of the molecule is O=C(O)C1=CCc2nccc[n+]21. The molecule has 0 fully saturated rings. The lowest BCUT2D eigenvalue weighted by molar-refractivity contribution is -0.585. The van der Waals surface area contributed by atoms with E-state index in [1.54, 1.807) is 29.1 Å². The zero-order valence-corrected chi connectivity index (χ0v) is 6.27. The summed E-state index contributed by atoms with van der Waals surface area (Å²) in [7, 11) is 0. The van der Waals surface area contributed by atoms with Gasteiger partial charge < -0.3 is 5.11 Å².